The van der Waals surface area contributed by atoms with Crippen molar-refractivity contribution in [2.45, 2.75) is 38.8 Å². The summed E-state index contributed by atoms with van der Waals surface area (Å²) in [5.41, 5.74) is 8.98. The summed E-state index contributed by atoms with van der Waals surface area (Å²) < 4.78 is 0. The van der Waals surface area contributed by atoms with Gasteiger partial charge < -0.3 is 4.90 Å². The third-order valence-electron chi connectivity index (χ3n) is 8.85. The summed E-state index contributed by atoms with van der Waals surface area (Å²) in [5, 5.41) is 0. The largest absolute Gasteiger partial charge is 0.342 e. The number of amides is 1. The van der Waals surface area contributed by atoms with E-state index in [1.165, 1.54) is 38.9 Å². The number of aryl methyl sites for hydroxylation is 1. The van der Waals surface area contributed by atoms with Crippen molar-refractivity contribution in [3.05, 3.63) is 156 Å². The number of piperidine rings is 1. The van der Waals surface area contributed by atoms with Crippen LogP contribution in [0.3, 0.4) is 0 Å². The molecule has 1 heterocycles. The van der Waals surface area contributed by atoms with Crippen molar-refractivity contribution in [3.8, 4) is 22.3 Å². The van der Waals surface area contributed by atoms with Gasteiger partial charge in [-0.15, -0.1) is 0 Å². The molecule has 0 bridgehead atoms. The lowest BCUT2D eigenvalue weighted by molar-refractivity contribution is -0.133. The molecular weight excluding hydrogens is 536 g/mol. The van der Waals surface area contributed by atoms with E-state index in [0.29, 0.717) is 12.3 Å². The Labute approximate surface area is 262 Å². The predicted octanol–water partition coefficient (Wildman–Crippen LogP) is 8.89. The summed E-state index contributed by atoms with van der Waals surface area (Å²) in [6, 6.07) is 49.4. The smallest absolute Gasteiger partial charge is 0.222 e. The SMILES string of the molecule is O=C(CCc1ccccc1)N1CCCC(CN(Cc2ccccc2-c2ccccc2)Cc2ccccc2-c2ccccc2)C1. The van der Waals surface area contributed by atoms with Crippen LogP contribution in [0.1, 0.15) is 36.0 Å². The average Bonchev–Trinajstić information content (AvgIpc) is 3.09. The van der Waals surface area contributed by atoms with Crippen LogP contribution in [-0.4, -0.2) is 35.3 Å². The van der Waals surface area contributed by atoms with Crippen molar-refractivity contribution in [2.75, 3.05) is 19.6 Å². The lowest BCUT2D eigenvalue weighted by atomic mass is 9.94. The third-order valence-corrected chi connectivity index (χ3v) is 8.85. The van der Waals surface area contributed by atoms with E-state index in [1.54, 1.807) is 0 Å². The van der Waals surface area contributed by atoms with E-state index >= 15 is 0 Å². The van der Waals surface area contributed by atoms with Crippen LogP contribution in [0.2, 0.25) is 0 Å². The van der Waals surface area contributed by atoms with Crippen LogP contribution in [0, 0.1) is 5.92 Å². The van der Waals surface area contributed by atoms with Gasteiger partial charge in [-0.3, -0.25) is 9.69 Å². The zero-order valence-corrected chi connectivity index (χ0v) is 25.5. The van der Waals surface area contributed by atoms with Gasteiger partial charge in [-0.1, -0.05) is 140 Å². The summed E-state index contributed by atoms with van der Waals surface area (Å²) in [6.45, 7) is 4.37. The van der Waals surface area contributed by atoms with Gasteiger partial charge in [-0.25, -0.2) is 0 Å². The number of likely N-dealkylation sites (tertiary alicyclic amines) is 1. The number of carbonyl (C=O) groups is 1. The molecule has 222 valence electrons. The first-order valence-electron chi connectivity index (χ1n) is 16.0. The number of benzene rings is 5. The second kappa shape index (κ2) is 14.8. The van der Waals surface area contributed by atoms with Crippen LogP contribution >= 0.6 is 0 Å². The van der Waals surface area contributed by atoms with Gasteiger partial charge >= 0.3 is 0 Å². The highest BCUT2D eigenvalue weighted by molar-refractivity contribution is 5.76. The van der Waals surface area contributed by atoms with E-state index in [2.05, 4.69) is 143 Å². The minimum atomic E-state index is 0.286. The fraction of sp³-hybridized carbons (Fsp3) is 0.244. The number of hydrogen-bond acceptors (Lipinski definition) is 2. The molecule has 0 radical (unpaired) electrons. The fourth-order valence-corrected chi connectivity index (χ4v) is 6.64. The van der Waals surface area contributed by atoms with Crippen molar-refractivity contribution in [2.24, 2.45) is 5.92 Å². The van der Waals surface area contributed by atoms with E-state index < -0.39 is 0 Å². The first-order chi connectivity index (χ1) is 21.7. The summed E-state index contributed by atoms with van der Waals surface area (Å²) in [6.07, 6.45) is 3.60. The Morgan fingerprint density at radius 3 is 1.70 bits per heavy atom. The molecule has 0 aliphatic carbocycles. The maximum Gasteiger partial charge on any atom is 0.222 e. The van der Waals surface area contributed by atoms with Gasteiger partial charge in [-0.05, 0) is 64.1 Å². The van der Waals surface area contributed by atoms with Crippen molar-refractivity contribution in [1.29, 1.82) is 0 Å². The van der Waals surface area contributed by atoms with Gasteiger partial charge in [-0.2, -0.15) is 0 Å². The number of rotatable bonds is 11. The maximum absolute atomic E-state index is 13.3. The van der Waals surface area contributed by atoms with Crippen LogP contribution in [0.5, 0.6) is 0 Å². The van der Waals surface area contributed by atoms with Gasteiger partial charge in [0.2, 0.25) is 5.91 Å². The molecule has 1 atom stereocenters. The molecule has 5 aromatic rings. The molecule has 0 N–H and O–H groups in total. The van der Waals surface area contributed by atoms with Gasteiger partial charge in [0.05, 0.1) is 0 Å². The molecule has 1 fully saturated rings. The molecule has 1 amide bonds. The zero-order valence-electron chi connectivity index (χ0n) is 25.5. The van der Waals surface area contributed by atoms with Crippen LogP contribution in [0.4, 0.5) is 0 Å². The Kier molecular flexibility index (Phi) is 9.96. The van der Waals surface area contributed by atoms with Crippen molar-refractivity contribution in [1.82, 2.24) is 9.80 Å². The second-order valence-corrected chi connectivity index (χ2v) is 12.0. The second-order valence-electron chi connectivity index (χ2n) is 12.0. The number of carbonyl (C=O) groups excluding carboxylic acids is 1. The van der Waals surface area contributed by atoms with Crippen LogP contribution in [0.15, 0.2) is 140 Å². The van der Waals surface area contributed by atoms with Crippen LogP contribution in [0.25, 0.3) is 22.3 Å². The normalized spacial score (nSPS) is 14.9. The van der Waals surface area contributed by atoms with E-state index in [9.17, 15) is 4.79 Å². The molecule has 1 unspecified atom stereocenters. The number of nitrogens with zero attached hydrogens (tertiary/aromatic N) is 2. The molecule has 0 spiro atoms. The first kappa shape index (κ1) is 29.6. The molecular formula is C41H42N2O. The molecule has 3 nitrogen and oxygen atoms in total. The van der Waals surface area contributed by atoms with E-state index in [-0.39, 0.29) is 5.91 Å². The molecule has 0 saturated carbocycles. The highest BCUT2D eigenvalue weighted by Crippen LogP contribution is 2.29. The molecule has 44 heavy (non-hydrogen) atoms. The summed E-state index contributed by atoms with van der Waals surface area (Å²) >= 11 is 0. The monoisotopic (exact) mass is 578 g/mol. The zero-order chi connectivity index (χ0) is 30.0. The highest BCUT2D eigenvalue weighted by atomic mass is 16.2. The van der Waals surface area contributed by atoms with E-state index in [0.717, 1.165) is 52.0 Å². The maximum atomic E-state index is 13.3. The molecule has 1 saturated heterocycles. The Bertz CT molecular complexity index is 1530. The summed E-state index contributed by atoms with van der Waals surface area (Å²) in [4.78, 5) is 18.0. The predicted molar refractivity (Wildman–Crippen MR) is 182 cm³/mol. The summed E-state index contributed by atoms with van der Waals surface area (Å²) in [5.74, 6) is 0.728. The lowest BCUT2D eigenvalue weighted by Crippen LogP contribution is -2.43. The van der Waals surface area contributed by atoms with Gasteiger partial charge in [0.1, 0.15) is 0 Å². The molecule has 6 rings (SSSR count). The van der Waals surface area contributed by atoms with Crippen molar-refractivity contribution >= 4 is 5.91 Å². The third kappa shape index (κ3) is 7.72. The minimum absolute atomic E-state index is 0.286. The minimum Gasteiger partial charge on any atom is -0.342 e. The van der Waals surface area contributed by atoms with Gasteiger partial charge in [0.25, 0.3) is 0 Å². The lowest BCUT2D eigenvalue weighted by Gasteiger charge is -2.36. The van der Waals surface area contributed by atoms with Crippen LogP contribution in [-0.2, 0) is 24.3 Å². The van der Waals surface area contributed by atoms with Gasteiger partial charge in [0, 0.05) is 39.1 Å². The Hall–Kier alpha value is -4.47. The molecule has 1 aliphatic heterocycles. The first-order valence-corrected chi connectivity index (χ1v) is 16.0. The fourth-order valence-electron chi connectivity index (χ4n) is 6.64. The molecule has 3 heteroatoms. The van der Waals surface area contributed by atoms with Crippen molar-refractivity contribution < 1.29 is 4.79 Å². The number of hydrogen-bond donors (Lipinski definition) is 0. The van der Waals surface area contributed by atoms with E-state index in [1.807, 2.05) is 6.07 Å². The average molecular weight is 579 g/mol. The highest BCUT2D eigenvalue weighted by Gasteiger charge is 2.26. The van der Waals surface area contributed by atoms with E-state index in [4.69, 9.17) is 0 Å². The molecule has 1 aliphatic rings. The topological polar surface area (TPSA) is 23.6 Å². The Morgan fingerprint density at radius 2 is 1.14 bits per heavy atom. The standard InChI is InChI=1S/C41H42N2O/c44-41(27-26-33-15-4-1-5-16-33)43-28-14-17-34(30-43)29-42(31-37-22-10-12-24-39(37)35-18-6-2-7-19-35)32-38-23-11-13-25-40(38)36-20-8-3-9-21-36/h1-13,15-16,18-25,34H,14,17,26-32H2. The quantitative estimate of drug-likeness (QED) is 0.156. The van der Waals surface area contributed by atoms with Crippen LogP contribution < -0.4 is 0 Å². The molecule has 0 aromatic heterocycles. The summed E-state index contributed by atoms with van der Waals surface area (Å²) in [7, 11) is 0. The molecule has 5 aromatic carbocycles. The Balaban J connectivity index is 1.23. The van der Waals surface area contributed by atoms with Crippen molar-refractivity contribution in [3.63, 3.8) is 0 Å². The Morgan fingerprint density at radius 1 is 0.636 bits per heavy atom. The van der Waals surface area contributed by atoms with Gasteiger partial charge in [0.15, 0.2) is 0 Å².